The zero-order valence-corrected chi connectivity index (χ0v) is 16.8. The van der Waals surface area contributed by atoms with Crippen LogP contribution in [0.25, 0.3) is 0 Å². The van der Waals surface area contributed by atoms with Gasteiger partial charge < -0.3 is 14.6 Å². The van der Waals surface area contributed by atoms with Crippen LogP contribution >= 0.6 is 11.3 Å². The highest BCUT2D eigenvalue weighted by atomic mass is 32.1. The summed E-state index contributed by atoms with van der Waals surface area (Å²) in [6.45, 7) is 9.18. The summed E-state index contributed by atoms with van der Waals surface area (Å²) in [5.74, 6) is 0.824. The lowest BCUT2D eigenvalue weighted by Gasteiger charge is -2.19. The van der Waals surface area contributed by atoms with E-state index in [-0.39, 0.29) is 23.6 Å². The molecule has 3 heterocycles. The Balaban J connectivity index is 1.67. The Bertz CT molecular complexity index is 777. The van der Waals surface area contributed by atoms with Crippen LogP contribution in [0, 0.1) is 0 Å². The molecule has 0 spiro atoms. The molecule has 1 fully saturated rings. The fourth-order valence-corrected chi connectivity index (χ4v) is 4.28. The lowest BCUT2D eigenvalue weighted by Crippen LogP contribution is -2.40. The van der Waals surface area contributed by atoms with Gasteiger partial charge in [0.1, 0.15) is 11.9 Å². The number of nitrogens with zero attached hydrogens (tertiary/aromatic N) is 3. The van der Waals surface area contributed by atoms with Crippen molar-refractivity contribution < 1.29 is 9.53 Å². The van der Waals surface area contributed by atoms with Crippen molar-refractivity contribution in [3.05, 3.63) is 28.8 Å². The first-order valence-corrected chi connectivity index (χ1v) is 9.77. The SMILES string of the molecule is CCc1nc(NC(=O)N[C@@H]2CCO[C@H]2c2nccn2C)sc1C(C)(C)C. The molecule has 0 bridgehead atoms. The number of amides is 2. The van der Waals surface area contributed by atoms with Crippen molar-refractivity contribution in [1.82, 2.24) is 19.9 Å². The topological polar surface area (TPSA) is 81.1 Å². The van der Waals surface area contributed by atoms with E-state index in [1.165, 1.54) is 4.88 Å². The van der Waals surface area contributed by atoms with E-state index in [1.807, 2.05) is 17.8 Å². The first-order valence-electron chi connectivity index (χ1n) is 8.96. The molecule has 3 rings (SSSR count). The number of thiazole rings is 1. The van der Waals surface area contributed by atoms with Gasteiger partial charge in [-0.15, -0.1) is 11.3 Å². The molecule has 0 saturated carbocycles. The average Bonchev–Trinajstić information content (AvgIpc) is 3.26. The van der Waals surface area contributed by atoms with Gasteiger partial charge in [-0.1, -0.05) is 27.7 Å². The number of carbonyl (C=O) groups is 1. The number of urea groups is 1. The lowest BCUT2D eigenvalue weighted by molar-refractivity contribution is 0.0913. The maximum Gasteiger partial charge on any atom is 0.321 e. The third-order valence-corrected chi connectivity index (χ3v) is 5.89. The smallest absolute Gasteiger partial charge is 0.321 e. The molecule has 0 unspecified atom stereocenters. The highest BCUT2D eigenvalue weighted by Crippen LogP contribution is 2.34. The van der Waals surface area contributed by atoms with Gasteiger partial charge in [-0.25, -0.2) is 14.8 Å². The average molecular weight is 378 g/mol. The van der Waals surface area contributed by atoms with Crippen molar-refractivity contribution in [1.29, 1.82) is 0 Å². The van der Waals surface area contributed by atoms with Crippen LogP contribution in [0.15, 0.2) is 12.4 Å². The molecule has 1 aliphatic rings. The van der Waals surface area contributed by atoms with Crippen LogP contribution in [-0.4, -0.2) is 33.2 Å². The molecule has 0 radical (unpaired) electrons. The maximum atomic E-state index is 12.5. The minimum Gasteiger partial charge on any atom is -0.368 e. The first kappa shape index (κ1) is 18.8. The molecule has 2 aromatic rings. The summed E-state index contributed by atoms with van der Waals surface area (Å²) in [6.07, 6.45) is 5.00. The van der Waals surface area contributed by atoms with E-state index < -0.39 is 0 Å². The summed E-state index contributed by atoms with van der Waals surface area (Å²) in [5.41, 5.74) is 1.06. The molecule has 26 heavy (non-hydrogen) atoms. The maximum absolute atomic E-state index is 12.5. The fraction of sp³-hybridized carbons (Fsp3) is 0.611. The van der Waals surface area contributed by atoms with Crippen LogP contribution in [0.4, 0.5) is 9.93 Å². The number of carbonyl (C=O) groups excluding carboxylic acids is 1. The summed E-state index contributed by atoms with van der Waals surface area (Å²) in [4.78, 5) is 22.6. The van der Waals surface area contributed by atoms with Crippen molar-refractivity contribution >= 4 is 22.5 Å². The minimum absolute atomic E-state index is 0.0159. The van der Waals surface area contributed by atoms with E-state index in [9.17, 15) is 4.79 Å². The largest absolute Gasteiger partial charge is 0.368 e. The zero-order chi connectivity index (χ0) is 18.9. The monoisotopic (exact) mass is 377 g/mol. The number of aromatic nitrogens is 3. The third kappa shape index (κ3) is 3.91. The highest BCUT2D eigenvalue weighted by molar-refractivity contribution is 7.16. The van der Waals surface area contributed by atoms with Gasteiger partial charge in [0.2, 0.25) is 0 Å². The molecular weight excluding hydrogens is 350 g/mol. The predicted molar refractivity (Wildman–Crippen MR) is 103 cm³/mol. The molecule has 2 aromatic heterocycles. The fourth-order valence-electron chi connectivity index (χ4n) is 3.18. The van der Waals surface area contributed by atoms with Gasteiger partial charge in [0.25, 0.3) is 0 Å². The van der Waals surface area contributed by atoms with E-state index in [4.69, 9.17) is 4.74 Å². The predicted octanol–water partition coefficient (Wildman–Crippen LogP) is 3.39. The van der Waals surface area contributed by atoms with Crippen LogP contribution in [0.3, 0.4) is 0 Å². The lowest BCUT2D eigenvalue weighted by atomic mass is 9.93. The molecule has 2 N–H and O–H groups in total. The second-order valence-corrected chi connectivity index (χ2v) is 8.58. The zero-order valence-electron chi connectivity index (χ0n) is 16.0. The summed E-state index contributed by atoms with van der Waals surface area (Å²) < 4.78 is 7.71. The molecule has 1 aliphatic heterocycles. The normalized spacial score (nSPS) is 20.3. The Morgan fingerprint density at radius 2 is 2.23 bits per heavy atom. The number of hydrogen-bond acceptors (Lipinski definition) is 5. The second-order valence-electron chi connectivity index (χ2n) is 7.58. The van der Waals surface area contributed by atoms with Gasteiger partial charge in [0.05, 0.1) is 11.7 Å². The van der Waals surface area contributed by atoms with Gasteiger partial charge in [-0.3, -0.25) is 5.32 Å². The van der Waals surface area contributed by atoms with Crippen molar-refractivity contribution in [2.45, 2.75) is 58.1 Å². The molecule has 2 atom stereocenters. The third-order valence-electron chi connectivity index (χ3n) is 4.46. The van der Waals surface area contributed by atoms with Crippen LogP contribution < -0.4 is 10.6 Å². The van der Waals surface area contributed by atoms with Gasteiger partial charge in [-0.05, 0) is 18.3 Å². The molecule has 0 aromatic carbocycles. The Kier molecular flexibility index (Phi) is 5.34. The molecule has 1 saturated heterocycles. The molecule has 2 amide bonds. The number of imidazole rings is 1. The number of nitrogens with one attached hydrogen (secondary N) is 2. The van der Waals surface area contributed by atoms with Crippen molar-refractivity contribution in [2.24, 2.45) is 7.05 Å². The van der Waals surface area contributed by atoms with Crippen molar-refractivity contribution in [2.75, 3.05) is 11.9 Å². The molecular formula is C18H27N5O2S. The molecule has 7 nitrogen and oxygen atoms in total. The number of aryl methyl sites for hydroxylation is 2. The van der Waals surface area contributed by atoms with Gasteiger partial charge >= 0.3 is 6.03 Å². The molecule has 142 valence electrons. The quantitative estimate of drug-likeness (QED) is 0.856. The van der Waals surface area contributed by atoms with Crippen molar-refractivity contribution in [3.8, 4) is 0 Å². The summed E-state index contributed by atoms with van der Waals surface area (Å²) in [5, 5.41) is 6.54. The summed E-state index contributed by atoms with van der Waals surface area (Å²) in [7, 11) is 1.93. The number of anilines is 1. The summed E-state index contributed by atoms with van der Waals surface area (Å²) in [6, 6.07) is -0.361. The number of hydrogen-bond donors (Lipinski definition) is 2. The van der Waals surface area contributed by atoms with Crippen LogP contribution in [0.2, 0.25) is 0 Å². The minimum atomic E-state index is -0.253. The second kappa shape index (κ2) is 7.36. The Hall–Kier alpha value is -1.93. The van der Waals surface area contributed by atoms with E-state index in [1.54, 1.807) is 17.5 Å². The number of ether oxygens (including phenoxy) is 1. The summed E-state index contributed by atoms with van der Waals surface area (Å²) >= 11 is 1.55. The van der Waals surface area contributed by atoms with Crippen molar-refractivity contribution in [3.63, 3.8) is 0 Å². The Labute approximate surface area is 158 Å². The standard InChI is InChI=1S/C18H27N5O2S/c1-6-11-14(18(2,3)4)26-17(21-11)22-16(24)20-12-7-10-25-13(12)15-19-8-9-23(15)5/h8-9,12-13H,6-7,10H2,1-5H3,(H2,20,21,22,24)/t12-,13-/m1/s1. The van der Waals surface area contributed by atoms with Gasteiger partial charge in [0, 0.05) is 30.9 Å². The number of rotatable bonds is 4. The van der Waals surface area contributed by atoms with E-state index in [0.29, 0.717) is 11.7 Å². The first-order chi connectivity index (χ1) is 12.3. The van der Waals surface area contributed by atoms with E-state index >= 15 is 0 Å². The van der Waals surface area contributed by atoms with E-state index in [2.05, 4.69) is 48.3 Å². The molecule has 0 aliphatic carbocycles. The Morgan fingerprint density at radius 3 is 2.81 bits per heavy atom. The van der Waals surface area contributed by atoms with Crippen LogP contribution in [0.1, 0.15) is 56.6 Å². The van der Waals surface area contributed by atoms with Crippen LogP contribution in [0.5, 0.6) is 0 Å². The van der Waals surface area contributed by atoms with E-state index in [0.717, 1.165) is 24.4 Å². The van der Waals surface area contributed by atoms with Crippen LogP contribution in [-0.2, 0) is 23.6 Å². The molecule has 8 heteroatoms. The highest BCUT2D eigenvalue weighted by Gasteiger charge is 2.33. The van der Waals surface area contributed by atoms with Gasteiger partial charge in [-0.2, -0.15) is 0 Å². The Morgan fingerprint density at radius 1 is 1.46 bits per heavy atom. The van der Waals surface area contributed by atoms with Gasteiger partial charge in [0.15, 0.2) is 5.13 Å².